The fraction of sp³-hybridized carbons (Fsp3) is 0.500. The van der Waals surface area contributed by atoms with Gasteiger partial charge in [0.2, 0.25) is 0 Å². The molecule has 2 heterocycles. The van der Waals surface area contributed by atoms with Gasteiger partial charge in [-0.05, 0) is 40.4 Å². The summed E-state index contributed by atoms with van der Waals surface area (Å²) < 4.78 is 17.3. The van der Waals surface area contributed by atoms with Crippen LogP contribution in [0.1, 0.15) is 23.7 Å². The zero-order valence-electron chi connectivity index (χ0n) is 10.6. The molecule has 4 nitrogen and oxygen atoms in total. The number of fused-ring (bicyclic) bond motifs is 1. The monoisotopic (exact) mass is 326 g/mol. The van der Waals surface area contributed by atoms with Crippen molar-refractivity contribution in [2.24, 2.45) is 5.92 Å². The summed E-state index contributed by atoms with van der Waals surface area (Å²) >= 11 is 3.43. The lowest BCUT2D eigenvalue weighted by Gasteiger charge is -2.21. The van der Waals surface area contributed by atoms with Crippen LogP contribution >= 0.6 is 15.9 Å². The summed E-state index contributed by atoms with van der Waals surface area (Å²) in [7, 11) is 0. The molecule has 1 aromatic rings. The van der Waals surface area contributed by atoms with Gasteiger partial charge in [-0.3, -0.25) is 4.79 Å². The Bertz CT molecular complexity index is 514. The zero-order chi connectivity index (χ0) is 13.4. The molecule has 102 valence electrons. The normalized spacial score (nSPS) is 25.4. The molecule has 2 aliphatic rings. The standard InChI is InChI=1S/C14H15BrO4/c1-8-2-3-19-14(8)13(16)9-6-11-12(7-10(9)15)18-5-4-17-11/h6-8,14H,2-5H2,1H3. The van der Waals surface area contributed by atoms with Crippen LogP contribution in [0.5, 0.6) is 11.5 Å². The van der Waals surface area contributed by atoms with E-state index in [9.17, 15) is 4.79 Å². The molecule has 1 aromatic carbocycles. The van der Waals surface area contributed by atoms with Crippen LogP contribution in [0.4, 0.5) is 0 Å². The van der Waals surface area contributed by atoms with E-state index in [1.807, 2.05) is 6.92 Å². The van der Waals surface area contributed by atoms with Gasteiger partial charge in [-0.15, -0.1) is 0 Å². The highest BCUT2D eigenvalue weighted by atomic mass is 79.9. The molecule has 0 N–H and O–H groups in total. The molecular formula is C14H15BrO4. The predicted octanol–water partition coefficient (Wildman–Crippen LogP) is 2.83. The van der Waals surface area contributed by atoms with Crippen molar-refractivity contribution in [1.29, 1.82) is 0 Å². The molecule has 1 fully saturated rings. The van der Waals surface area contributed by atoms with Crippen LogP contribution in [0.25, 0.3) is 0 Å². The second kappa shape index (κ2) is 5.13. The van der Waals surface area contributed by atoms with E-state index >= 15 is 0 Å². The number of ketones is 1. The first kappa shape index (κ1) is 12.9. The smallest absolute Gasteiger partial charge is 0.193 e. The Kier molecular flexibility index (Phi) is 3.50. The fourth-order valence-corrected chi connectivity index (χ4v) is 2.95. The minimum Gasteiger partial charge on any atom is -0.486 e. The lowest BCUT2D eigenvalue weighted by Crippen LogP contribution is -2.26. The summed E-state index contributed by atoms with van der Waals surface area (Å²) in [5.41, 5.74) is 0.600. The molecule has 2 unspecified atom stereocenters. The number of halogens is 1. The number of carbonyl (C=O) groups is 1. The molecule has 3 rings (SSSR count). The first-order valence-corrected chi connectivity index (χ1v) is 7.21. The Morgan fingerprint density at radius 3 is 2.53 bits per heavy atom. The molecule has 0 radical (unpaired) electrons. The van der Waals surface area contributed by atoms with Crippen LogP contribution in [-0.2, 0) is 4.74 Å². The van der Waals surface area contributed by atoms with Gasteiger partial charge >= 0.3 is 0 Å². The number of hydrogen-bond acceptors (Lipinski definition) is 4. The Morgan fingerprint density at radius 1 is 1.21 bits per heavy atom. The van der Waals surface area contributed by atoms with Gasteiger partial charge in [-0.1, -0.05) is 6.92 Å². The molecule has 0 amide bonds. The maximum Gasteiger partial charge on any atom is 0.193 e. The molecule has 0 saturated carbocycles. The van der Waals surface area contributed by atoms with E-state index in [0.29, 0.717) is 36.9 Å². The van der Waals surface area contributed by atoms with Gasteiger partial charge < -0.3 is 14.2 Å². The second-order valence-electron chi connectivity index (χ2n) is 4.90. The molecule has 5 heteroatoms. The number of Topliss-reactive ketones (excluding diaryl/α,β-unsaturated/α-hetero) is 1. The van der Waals surface area contributed by atoms with Crippen molar-refractivity contribution in [3.8, 4) is 11.5 Å². The average molecular weight is 327 g/mol. The summed E-state index contributed by atoms with van der Waals surface area (Å²) in [6.45, 7) is 3.75. The van der Waals surface area contributed by atoms with Gasteiger partial charge in [0.05, 0.1) is 0 Å². The lowest BCUT2D eigenvalue weighted by molar-refractivity contribution is 0.0577. The maximum atomic E-state index is 12.5. The van der Waals surface area contributed by atoms with Gasteiger partial charge in [0.1, 0.15) is 19.3 Å². The van der Waals surface area contributed by atoms with E-state index < -0.39 is 0 Å². The van der Waals surface area contributed by atoms with E-state index in [-0.39, 0.29) is 17.8 Å². The van der Waals surface area contributed by atoms with Gasteiger partial charge in [0.25, 0.3) is 0 Å². The van der Waals surface area contributed by atoms with Crippen LogP contribution in [0.15, 0.2) is 16.6 Å². The van der Waals surface area contributed by atoms with Crippen LogP contribution in [0, 0.1) is 5.92 Å². The minimum absolute atomic E-state index is 0.00819. The van der Waals surface area contributed by atoms with Crippen LogP contribution < -0.4 is 9.47 Å². The Hall–Kier alpha value is -1.07. The van der Waals surface area contributed by atoms with E-state index in [4.69, 9.17) is 14.2 Å². The first-order valence-electron chi connectivity index (χ1n) is 6.42. The van der Waals surface area contributed by atoms with Crippen LogP contribution in [0.3, 0.4) is 0 Å². The highest BCUT2D eigenvalue weighted by Gasteiger charge is 2.33. The number of rotatable bonds is 2. The molecule has 0 spiro atoms. The van der Waals surface area contributed by atoms with Gasteiger partial charge in [-0.2, -0.15) is 0 Å². The van der Waals surface area contributed by atoms with E-state index in [0.717, 1.165) is 10.9 Å². The van der Waals surface area contributed by atoms with Crippen molar-refractivity contribution in [3.63, 3.8) is 0 Å². The zero-order valence-corrected chi connectivity index (χ0v) is 12.2. The largest absolute Gasteiger partial charge is 0.486 e. The number of hydrogen-bond donors (Lipinski definition) is 0. The summed E-state index contributed by atoms with van der Waals surface area (Å²) in [5.74, 6) is 1.57. The molecular weight excluding hydrogens is 312 g/mol. The summed E-state index contributed by atoms with van der Waals surface area (Å²) in [6.07, 6.45) is 0.581. The van der Waals surface area contributed by atoms with Crippen molar-refractivity contribution in [3.05, 3.63) is 22.2 Å². The summed E-state index contributed by atoms with van der Waals surface area (Å²) in [5, 5.41) is 0. The van der Waals surface area contributed by atoms with Crippen molar-refractivity contribution in [2.45, 2.75) is 19.4 Å². The number of carbonyl (C=O) groups excluding carboxylic acids is 1. The fourth-order valence-electron chi connectivity index (χ4n) is 2.44. The van der Waals surface area contributed by atoms with Crippen LogP contribution in [-0.4, -0.2) is 31.7 Å². The Labute approximate surface area is 120 Å². The highest BCUT2D eigenvalue weighted by Crippen LogP contribution is 2.37. The Balaban J connectivity index is 1.93. The van der Waals surface area contributed by atoms with E-state index in [1.165, 1.54) is 0 Å². The quantitative estimate of drug-likeness (QED) is 0.784. The first-order chi connectivity index (χ1) is 9.16. The van der Waals surface area contributed by atoms with Crippen molar-refractivity contribution in [2.75, 3.05) is 19.8 Å². The van der Waals surface area contributed by atoms with Crippen molar-refractivity contribution < 1.29 is 19.0 Å². The molecule has 1 saturated heterocycles. The molecule has 0 aromatic heterocycles. The highest BCUT2D eigenvalue weighted by molar-refractivity contribution is 9.10. The molecule has 2 atom stereocenters. The summed E-state index contributed by atoms with van der Waals surface area (Å²) in [4.78, 5) is 12.5. The topological polar surface area (TPSA) is 44.8 Å². The van der Waals surface area contributed by atoms with Gasteiger partial charge in [-0.25, -0.2) is 0 Å². The number of ether oxygens (including phenoxy) is 3. The third-order valence-electron chi connectivity index (χ3n) is 3.54. The molecule has 19 heavy (non-hydrogen) atoms. The van der Waals surface area contributed by atoms with Crippen molar-refractivity contribution >= 4 is 21.7 Å². The minimum atomic E-state index is -0.348. The third kappa shape index (κ3) is 2.37. The number of benzene rings is 1. The maximum absolute atomic E-state index is 12.5. The molecule has 0 aliphatic carbocycles. The van der Waals surface area contributed by atoms with Gasteiger partial charge in [0.15, 0.2) is 17.3 Å². The van der Waals surface area contributed by atoms with E-state index in [1.54, 1.807) is 12.1 Å². The average Bonchev–Trinajstić information content (AvgIpc) is 2.83. The third-order valence-corrected chi connectivity index (χ3v) is 4.20. The van der Waals surface area contributed by atoms with Crippen LogP contribution in [0.2, 0.25) is 0 Å². The van der Waals surface area contributed by atoms with E-state index in [2.05, 4.69) is 15.9 Å². The Morgan fingerprint density at radius 2 is 1.89 bits per heavy atom. The summed E-state index contributed by atoms with van der Waals surface area (Å²) in [6, 6.07) is 3.54. The predicted molar refractivity (Wildman–Crippen MR) is 73.0 cm³/mol. The molecule has 0 bridgehead atoms. The molecule has 2 aliphatic heterocycles. The van der Waals surface area contributed by atoms with Crippen molar-refractivity contribution in [1.82, 2.24) is 0 Å². The lowest BCUT2D eigenvalue weighted by atomic mass is 9.96. The second-order valence-corrected chi connectivity index (χ2v) is 5.75. The SMILES string of the molecule is CC1CCOC1C(=O)c1cc2c(cc1Br)OCCO2. The van der Waals surface area contributed by atoms with Gasteiger partial charge in [0, 0.05) is 16.6 Å².